The van der Waals surface area contributed by atoms with Crippen molar-refractivity contribution in [3.63, 3.8) is 0 Å². The minimum atomic E-state index is -0.958. The first-order chi connectivity index (χ1) is 9.45. The number of carbonyl (C=O) groups is 3. The molecule has 0 aromatic heterocycles. The zero-order valence-corrected chi connectivity index (χ0v) is 11.4. The lowest BCUT2D eigenvalue weighted by atomic mass is 9.87. The van der Waals surface area contributed by atoms with Crippen LogP contribution in [0.2, 0.25) is 0 Å². The van der Waals surface area contributed by atoms with E-state index in [0.717, 1.165) is 12.8 Å². The summed E-state index contributed by atoms with van der Waals surface area (Å²) in [7, 11) is 0. The Balaban J connectivity index is 1.77. The van der Waals surface area contributed by atoms with Gasteiger partial charge >= 0.3 is 6.03 Å². The van der Waals surface area contributed by atoms with Crippen molar-refractivity contribution in [3.8, 4) is 0 Å². The predicted octanol–water partition coefficient (Wildman–Crippen LogP) is -0.541. The highest BCUT2D eigenvalue weighted by molar-refractivity contribution is 6.07. The van der Waals surface area contributed by atoms with Gasteiger partial charge in [0.25, 0.3) is 5.91 Å². The molecule has 2 heterocycles. The second kappa shape index (κ2) is 4.44. The highest BCUT2D eigenvalue weighted by Gasteiger charge is 2.51. The van der Waals surface area contributed by atoms with Gasteiger partial charge in [0.2, 0.25) is 5.91 Å². The topological polar surface area (TPSA) is 105 Å². The Morgan fingerprint density at radius 1 is 1.15 bits per heavy atom. The van der Waals surface area contributed by atoms with Crippen molar-refractivity contribution in [1.82, 2.24) is 15.5 Å². The van der Waals surface area contributed by atoms with Crippen molar-refractivity contribution >= 4 is 17.8 Å². The Kier molecular flexibility index (Phi) is 2.97. The number of nitrogens with one attached hydrogen (secondary N) is 2. The number of nitrogens with zero attached hydrogens (tertiary/aromatic N) is 1. The molecule has 1 spiro atoms. The predicted molar refractivity (Wildman–Crippen MR) is 70.6 cm³/mol. The van der Waals surface area contributed by atoms with E-state index in [1.54, 1.807) is 4.90 Å². The van der Waals surface area contributed by atoms with Gasteiger partial charge in [0.1, 0.15) is 5.54 Å². The summed E-state index contributed by atoms with van der Waals surface area (Å²) in [4.78, 5) is 37.6. The molecule has 0 aromatic rings. The van der Waals surface area contributed by atoms with Gasteiger partial charge in [-0.15, -0.1) is 0 Å². The van der Waals surface area contributed by atoms with Crippen LogP contribution in [0, 0.1) is 0 Å². The van der Waals surface area contributed by atoms with Crippen LogP contribution in [0.5, 0.6) is 0 Å². The van der Waals surface area contributed by atoms with E-state index >= 15 is 0 Å². The highest BCUT2D eigenvalue weighted by Crippen LogP contribution is 2.32. The van der Waals surface area contributed by atoms with Crippen LogP contribution in [0.25, 0.3) is 0 Å². The van der Waals surface area contributed by atoms with Crippen LogP contribution < -0.4 is 16.4 Å². The van der Waals surface area contributed by atoms with E-state index in [2.05, 4.69) is 10.6 Å². The third-order valence-electron chi connectivity index (χ3n) is 4.72. The minimum Gasteiger partial charge on any atom is -0.338 e. The van der Waals surface area contributed by atoms with Crippen molar-refractivity contribution < 1.29 is 14.4 Å². The van der Waals surface area contributed by atoms with E-state index in [9.17, 15) is 14.4 Å². The maximum absolute atomic E-state index is 12.6. The Hall–Kier alpha value is -1.63. The van der Waals surface area contributed by atoms with Gasteiger partial charge < -0.3 is 16.0 Å². The van der Waals surface area contributed by atoms with Crippen LogP contribution in [0.15, 0.2) is 0 Å². The molecule has 0 aromatic carbocycles. The van der Waals surface area contributed by atoms with Crippen molar-refractivity contribution in [2.75, 3.05) is 13.1 Å². The van der Waals surface area contributed by atoms with Crippen molar-refractivity contribution in [1.29, 1.82) is 0 Å². The van der Waals surface area contributed by atoms with Crippen molar-refractivity contribution in [2.24, 2.45) is 5.73 Å². The van der Waals surface area contributed by atoms with Gasteiger partial charge in [0, 0.05) is 6.54 Å². The standard InChI is InChI=1S/C13H20N4O3/c14-12(4-1-2-5-12)10(19)17-7-3-6-13(8-17)9(18)15-11(20)16-13/h1-8,14H2,(H2,15,16,18,20). The van der Waals surface area contributed by atoms with Crippen LogP contribution in [-0.2, 0) is 9.59 Å². The van der Waals surface area contributed by atoms with Crippen LogP contribution in [0.1, 0.15) is 38.5 Å². The van der Waals surface area contributed by atoms with Crippen LogP contribution in [0.4, 0.5) is 4.79 Å². The van der Waals surface area contributed by atoms with Crippen molar-refractivity contribution in [3.05, 3.63) is 0 Å². The molecule has 3 fully saturated rings. The third-order valence-corrected chi connectivity index (χ3v) is 4.72. The highest BCUT2D eigenvalue weighted by atomic mass is 16.2. The van der Waals surface area contributed by atoms with E-state index in [0.29, 0.717) is 32.2 Å². The second-order valence-electron chi connectivity index (χ2n) is 6.18. The Morgan fingerprint density at radius 3 is 2.45 bits per heavy atom. The number of hydrogen-bond acceptors (Lipinski definition) is 4. The number of urea groups is 1. The van der Waals surface area contributed by atoms with E-state index in [4.69, 9.17) is 5.73 Å². The molecule has 2 saturated heterocycles. The molecular formula is C13H20N4O3. The molecule has 110 valence electrons. The molecule has 3 rings (SSSR count). The van der Waals surface area contributed by atoms with Crippen LogP contribution in [-0.4, -0.2) is 46.9 Å². The van der Waals surface area contributed by atoms with Gasteiger partial charge in [-0.3, -0.25) is 14.9 Å². The molecule has 7 nitrogen and oxygen atoms in total. The SMILES string of the molecule is NC1(C(=O)N2CCCC3(C2)NC(=O)NC3=O)CCCC1. The van der Waals surface area contributed by atoms with E-state index in [-0.39, 0.29) is 18.4 Å². The zero-order valence-electron chi connectivity index (χ0n) is 11.4. The Morgan fingerprint density at radius 2 is 1.85 bits per heavy atom. The first-order valence-corrected chi connectivity index (χ1v) is 7.17. The number of likely N-dealkylation sites (tertiary alicyclic amines) is 1. The Bertz CT molecular complexity index is 472. The van der Waals surface area contributed by atoms with E-state index in [1.165, 1.54) is 0 Å². The quantitative estimate of drug-likeness (QED) is 0.561. The van der Waals surface area contributed by atoms with E-state index in [1.807, 2.05) is 0 Å². The number of carbonyl (C=O) groups excluding carboxylic acids is 3. The lowest BCUT2D eigenvalue weighted by Gasteiger charge is -2.41. The molecule has 0 bridgehead atoms. The van der Waals surface area contributed by atoms with Gasteiger partial charge in [-0.2, -0.15) is 0 Å². The van der Waals surface area contributed by atoms with Crippen LogP contribution in [0.3, 0.4) is 0 Å². The first-order valence-electron chi connectivity index (χ1n) is 7.17. The monoisotopic (exact) mass is 280 g/mol. The smallest absolute Gasteiger partial charge is 0.322 e. The summed E-state index contributed by atoms with van der Waals surface area (Å²) in [6.45, 7) is 0.824. The number of rotatable bonds is 1. The molecule has 7 heteroatoms. The first kappa shape index (κ1) is 13.4. The molecule has 1 unspecified atom stereocenters. The number of imide groups is 1. The Labute approximate surface area is 117 Å². The molecule has 0 radical (unpaired) electrons. The molecule has 1 atom stereocenters. The summed E-state index contributed by atoms with van der Waals surface area (Å²) >= 11 is 0. The lowest BCUT2D eigenvalue weighted by Crippen LogP contribution is -2.63. The lowest BCUT2D eigenvalue weighted by molar-refractivity contribution is -0.141. The van der Waals surface area contributed by atoms with Gasteiger partial charge in [0.05, 0.1) is 12.1 Å². The maximum atomic E-state index is 12.6. The van der Waals surface area contributed by atoms with Crippen LogP contribution >= 0.6 is 0 Å². The zero-order chi connectivity index (χ0) is 14.4. The average Bonchev–Trinajstić information content (AvgIpc) is 2.95. The summed E-state index contributed by atoms with van der Waals surface area (Å²) in [6, 6.07) is -0.479. The third kappa shape index (κ3) is 1.96. The summed E-state index contributed by atoms with van der Waals surface area (Å²) in [5.74, 6) is -0.416. The summed E-state index contributed by atoms with van der Waals surface area (Å²) in [5.41, 5.74) is 4.46. The van der Waals surface area contributed by atoms with Gasteiger partial charge in [0.15, 0.2) is 0 Å². The van der Waals surface area contributed by atoms with Gasteiger partial charge in [-0.05, 0) is 25.7 Å². The molecular weight excluding hydrogens is 260 g/mol. The normalized spacial score (nSPS) is 32.4. The number of piperidine rings is 1. The molecule has 20 heavy (non-hydrogen) atoms. The largest absolute Gasteiger partial charge is 0.338 e. The molecule has 1 aliphatic carbocycles. The molecule has 2 aliphatic heterocycles. The molecule has 1 saturated carbocycles. The minimum absolute atomic E-state index is 0.0805. The fourth-order valence-electron chi connectivity index (χ4n) is 3.58. The number of amides is 4. The van der Waals surface area contributed by atoms with Crippen molar-refractivity contribution in [2.45, 2.75) is 49.6 Å². The fourth-order valence-corrected chi connectivity index (χ4v) is 3.58. The molecule has 3 aliphatic rings. The van der Waals surface area contributed by atoms with Gasteiger partial charge in [-0.25, -0.2) is 4.79 Å². The summed E-state index contributed by atoms with van der Waals surface area (Å²) < 4.78 is 0. The molecule has 4 amide bonds. The fraction of sp³-hybridized carbons (Fsp3) is 0.769. The average molecular weight is 280 g/mol. The number of nitrogens with two attached hydrogens (primary N) is 1. The summed E-state index contributed by atoms with van der Waals surface area (Å²) in [5, 5.41) is 4.93. The van der Waals surface area contributed by atoms with E-state index < -0.39 is 17.1 Å². The summed E-state index contributed by atoms with van der Waals surface area (Å²) in [6.07, 6.45) is 4.60. The maximum Gasteiger partial charge on any atom is 0.322 e. The number of hydrogen-bond donors (Lipinski definition) is 3. The molecule has 4 N–H and O–H groups in total. The second-order valence-corrected chi connectivity index (χ2v) is 6.18. The van der Waals surface area contributed by atoms with Gasteiger partial charge in [-0.1, -0.05) is 12.8 Å².